The van der Waals surface area contributed by atoms with Gasteiger partial charge in [0.2, 0.25) is 16.0 Å². The second-order valence-corrected chi connectivity index (χ2v) is 7.71. The highest BCUT2D eigenvalue weighted by Gasteiger charge is 2.43. The average molecular weight is 310 g/mol. The molecule has 2 saturated carbocycles. The molecule has 0 aliphatic heterocycles. The van der Waals surface area contributed by atoms with Crippen LogP contribution >= 0.6 is 0 Å². The van der Waals surface area contributed by atoms with Crippen LogP contribution in [-0.2, 0) is 10.0 Å². The van der Waals surface area contributed by atoms with E-state index < -0.39 is 10.0 Å². The lowest BCUT2D eigenvalue weighted by atomic mass is 10.1. The fourth-order valence-corrected chi connectivity index (χ4v) is 3.78. The summed E-state index contributed by atoms with van der Waals surface area (Å²) in [6.07, 6.45) is 8.28. The Labute approximate surface area is 125 Å². The molecule has 0 unspecified atom stereocenters. The summed E-state index contributed by atoms with van der Waals surface area (Å²) in [5, 5.41) is 3.03. The Morgan fingerprint density at radius 2 is 1.76 bits per heavy atom. The maximum absolute atomic E-state index is 12.4. The minimum Gasteiger partial charge on any atom is -0.354 e. The summed E-state index contributed by atoms with van der Waals surface area (Å²) in [5.74, 6) is 1.52. The van der Waals surface area contributed by atoms with E-state index in [0.717, 1.165) is 38.6 Å². The molecule has 0 amide bonds. The van der Waals surface area contributed by atoms with Gasteiger partial charge in [-0.25, -0.2) is 23.1 Å². The Bertz CT molecular complexity index is 567. The van der Waals surface area contributed by atoms with Crippen LogP contribution in [0.4, 0.5) is 5.95 Å². The molecule has 116 valence electrons. The monoisotopic (exact) mass is 310 g/mol. The first-order valence-corrected chi connectivity index (χ1v) is 9.16. The summed E-state index contributed by atoms with van der Waals surface area (Å²) in [6.45, 7) is 2.82. The van der Waals surface area contributed by atoms with E-state index in [2.05, 4.69) is 20.0 Å². The molecule has 3 rings (SSSR count). The Morgan fingerprint density at radius 3 is 2.24 bits per heavy atom. The largest absolute Gasteiger partial charge is 0.354 e. The number of hydrogen-bond donors (Lipinski definition) is 2. The molecule has 2 aliphatic rings. The molecule has 21 heavy (non-hydrogen) atoms. The minimum atomic E-state index is -3.51. The smallest absolute Gasteiger partial charge is 0.243 e. The maximum Gasteiger partial charge on any atom is 0.243 e. The number of anilines is 1. The fraction of sp³-hybridized carbons (Fsp3) is 0.714. The van der Waals surface area contributed by atoms with Crippen LogP contribution in [-0.4, -0.2) is 31.0 Å². The van der Waals surface area contributed by atoms with Gasteiger partial charge < -0.3 is 5.32 Å². The zero-order chi connectivity index (χ0) is 14.9. The fourth-order valence-electron chi connectivity index (χ4n) is 2.52. The van der Waals surface area contributed by atoms with Crippen LogP contribution in [0.5, 0.6) is 0 Å². The predicted molar refractivity (Wildman–Crippen MR) is 80.4 cm³/mol. The summed E-state index contributed by atoms with van der Waals surface area (Å²) >= 11 is 0. The Morgan fingerprint density at radius 1 is 1.19 bits per heavy atom. The zero-order valence-electron chi connectivity index (χ0n) is 12.2. The van der Waals surface area contributed by atoms with Gasteiger partial charge in [0.05, 0.1) is 12.4 Å². The second-order valence-electron chi connectivity index (χ2n) is 5.99. The SMILES string of the molecule is CCCNc1ncc(S(=O)(=O)NC(C2CC2)C2CC2)cn1. The highest BCUT2D eigenvalue weighted by Crippen LogP contribution is 2.45. The molecule has 6 nitrogen and oxygen atoms in total. The Balaban J connectivity index is 1.68. The van der Waals surface area contributed by atoms with Crippen molar-refractivity contribution >= 4 is 16.0 Å². The van der Waals surface area contributed by atoms with E-state index in [1.165, 1.54) is 12.4 Å². The van der Waals surface area contributed by atoms with Gasteiger partial charge in [0, 0.05) is 12.6 Å². The molecule has 0 radical (unpaired) electrons. The van der Waals surface area contributed by atoms with E-state index in [0.29, 0.717) is 17.8 Å². The van der Waals surface area contributed by atoms with Gasteiger partial charge >= 0.3 is 0 Å². The number of rotatable bonds is 8. The third kappa shape index (κ3) is 3.71. The number of hydrogen-bond acceptors (Lipinski definition) is 5. The molecule has 0 atom stereocenters. The van der Waals surface area contributed by atoms with Crippen molar-refractivity contribution in [1.82, 2.24) is 14.7 Å². The molecule has 1 aromatic heterocycles. The van der Waals surface area contributed by atoms with Crippen molar-refractivity contribution in [3.8, 4) is 0 Å². The number of nitrogens with one attached hydrogen (secondary N) is 2. The molecular formula is C14H22N4O2S. The normalized spacial score (nSPS) is 19.0. The summed E-state index contributed by atoms with van der Waals surface area (Å²) in [5.41, 5.74) is 0. The molecule has 2 N–H and O–H groups in total. The van der Waals surface area contributed by atoms with Crippen LogP contribution in [0.3, 0.4) is 0 Å². The molecule has 7 heteroatoms. The van der Waals surface area contributed by atoms with Crippen LogP contribution in [0.15, 0.2) is 17.3 Å². The predicted octanol–water partition coefficient (Wildman–Crippen LogP) is 1.77. The highest BCUT2D eigenvalue weighted by atomic mass is 32.2. The lowest BCUT2D eigenvalue weighted by Gasteiger charge is -2.17. The summed E-state index contributed by atoms with van der Waals surface area (Å²) < 4.78 is 27.7. The van der Waals surface area contributed by atoms with Gasteiger partial charge in [-0.3, -0.25) is 0 Å². The molecule has 1 heterocycles. The van der Waals surface area contributed by atoms with E-state index in [-0.39, 0.29) is 10.9 Å². The van der Waals surface area contributed by atoms with Crippen LogP contribution in [0.25, 0.3) is 0 Å². The third-order valence-electron chi connectivity index (χ3n) is 4.02. The molecule has 0 bridgehead atoms. The third-order valence-corrected chi connectivity index (χ3v) is 5.44. The van der Waals surface area contributed by atoms with Gasteiger partial charge in [0.25, 0.3) is 0 Å². The molecule has 0 spiro atoms. The van der Waals surface area contributed by atoms with E-state index in [4.69, 9.17) is 0 Å². The van der Waals surface area contributed by atoms with Crippen molar-refractivity contribution in [3.63, 3.8) is 0 Å². The lowest BCUT2D eigenvalue weighted by molar-refractivity contribution is 0.471. The van der Waals surface area contributed by atoms with Crippen LogP contribution in [0.1, 0.15) is 39.0 Å². The minimum absolute atomic E-state index is 0.105. The maximum atomic E-state index is 12.4. The summed E-state index contributed by atoms with van der Waals surface area (Å²) in [4.78, 5) is 8.29. The van der Waals surface area contributed by atoms with Crippen LogP contribution in [0.2, 0.25) is 0 Å². The van der Waals surface area contributed by atoms with E-state index in [1.54, 1.807) is 0 Å². The quantitative estimate of drug-likeness (QED) is 0.764. The van der Waals surface area contributed by atoms with Gasteiger partial charge in [-0.15, -0.1) is 0 Å². The second kappa shape index (κ2) is 5.88. The first-order valence-electron chi connectivity index (χ1n) is 7.68. The molecule has 2 aliphatic carbocycles. The molecule has 0 saturated heterocycles. The first-order chi connectivity index (χ1) is 10.1. The standard InChI is InChI=1S/C14H22N4O2S/c1-2-7-15-14-16-8-12(9-17-14)21(19,20)18-13(10-3-4-10)11-5-6-11/h8-11,13,18H,2-7H2,1H3,(H,15,16,17). The van der Waals surface area contributed by atoms with E-state index in [1.807, 2.05) is 6.92 Å². The van der Waals surface area contributed by atoms with Crippen molar-refractivity contribution in [2.75, 3.05) is 11.9 Å². The molecule has 0 aromatic carbocycles. The number of sulfonamides is 1. The zero-order valence-corrected chi connectivity index (χ0v) is 13.1. The van der Waals surface area contributed by atoms with Gasteiger partial charge in [-0.1, -0.05) is 6.92 Å². The van der Waals surface area contributed by atoms with Crippen molar-refractivity contribution < 1.29 is 8.42 Å². The van der Waals surface area contributed by atoms with Crippen molar-refractivity contribution in [1.29, 1.82) is 0 Å². The topological polar surface area (TPSA) is 84.0 Å². The highest BCUT2D eigenvalue weighted by molar-refractivity contribution is 7.89. The number of nitrogens with zero attached hydrogens (tertiary/aromatic N) is 2. The molecular weight excluding hydrogens is 288 g/mol. The van der Waals surface area contributed by atoms with Crippen molar-refractivity contribution in [2.24, 2.45) is 11.8 Å². The first kappa shape index (κ1) is 14.7. The van der Waals surface area contributed by atoms with Gasteiger partial charge in [0.1, 0.15) is 4.90 Å². The Kier molecular flexibility index (Phi) is 4.12. The van der Waals surface area contributed by atoms with Gasteiger partial charge in [-0.05, 0) is 43.9 Å². The van der Waals surface area contributed by atoms with Gasteiger partial charge in [0.15, 0.2) is 0 Å². The van der Waals surface area contributed by atoms with Crippen LogP contribution < -0.4 is 10.0 Å². The molecule has 2 fully saturated rings. The summed E-state index contributed by atoms with van der Waals surface area (Å²) in [6, 6.07) is 0.105. The van der Waals surface area contributed by atoms with Crippen molar-refractivity contribution in [3.05, 3.63) is 12.4 Å². The number of aromatic nitrogens is 2. The Hall–Kier alpha value is -1.21. The van der Waals surface area contributed by atoms with E-state index >= 15 is 0 Å². The van der Waals surface area contributed by atoms with E-state index in [9.17, 15) is 8.42 Å². The van der Waals surface area contributed by atoms with Crippen LogP contribution in [0, 0.1) is 11.8 Å². The van der Waals surface area contributed by atoms with Gasteiger partial charge in [-0.2, -0.15) is 0 Å². The molecule has 1 aromatic rings. The summed E-state index contributed by atoms with van der Waals surface area (Å²) in [7, 11) is -3.51. The average Bonchev–Trinajstić information content (AvgIpc) is 3.36. The van der Waals surface area contributed by atoms with Crippen molar-refractivity contribution in [2.45, 2.75) is 50.0 Å². The lowest BCUT2D eigenvalue weighted by Crippen LogP contribution is -2.38.